The maximum Gasteiger partial charge on any atom is 0.339 e. The molecule has 0 aliphatic carbocycles. The second kappa shape index (κ2) is 8.08. The number of carbonyl (C=O) groups excluding carboxylic acids is 1. The lowest BCUT2D eigenvalue weighted by Gasteiger charge is -2.14. The van der Waals surface area contributed by atoms with Gasteiger partial charge < -0.3 is 19.5 Å². The van der Waals surface area contributed by atoms with E-state index in [4.69, 9.17) is 14.2 Å². The van der Waals surface area contributed by atoms with Crippen molar-refractivity contribution in [1.29, 1.82) is 0 Å². The topological polar surface area (TPSA) is 56.8 Å². The van der Waals surface area contributed by atoms with Gasteiger partial charge >= 0.3 is 5.97 Å². The van der Waals surface area contributed by atoms with E-state index in [1.807, 2.05) is 43.3 Å². The molecule has 0 aromatic heterocycles. The highest BCUT2D eigenvalue weighted by atomic mass is 16.5. The summed E-state index contributed by atoms with van der Waals surface area (Å²) >= 11 is 0. The quantitative estimate of drug-likeness (QED) is 0.628. The lowest BCUT2D eigenvalue weighted by Crippen LogP contribution is -2.15. The van der Waals surface area contributed by atoms with Crippen molar-refractivity contribution in [3.8, 4) is 11.5 Å². The van der Waals surface area contributed by atoms with E-state index < -0.39 is 0 Å². The number of hydrogen-bond acceptors (Lipinski definition) is 5. The molecule has 0 saturated carbocycles. The zero-order valence-electron chi connectivity index (χ0n) is 13.6. The van der Waals surface area contributed by atoms with E-state index >= 15 is 0 Å². The maximum atomic E-state index is 11.8. The number of hydrogen-bond donors (Lipinski definition) is 1. The van der Waals surface area contributed by atoms with Crippen LogP contribution < -0.4 is 14.8 Å². The predicted octanol–water partition coefficient (Wildman–Crippen LogP) is 3.28. The zero-order chi connectivity index (χ0) is 16.7. The van der Waals surface area contributed by atoms with Gasteiger partial charge in [-0.25, -0.2) is 4.79 Å². The highest BCUT2D eigenvalue weighted by Crippen LogP contribution is 2.21. The van der Waals surface area contributed by atoms with Gasteiger partial charge in [-0.1, -0.05) is 12.1 Å². The van der Waals surface area contributed by atoms with Crippen LogP contribution in [0.15, 0.2) is 42.5 Å². The van der Waals surface area contributed by atoms with Gasteiger partial charge in [0.15, 0.2) is 0 Å². The number of methoxy groups -OCH3 is 2. The lowest BCUT2D eigenvalue weighted by atomic mass is 10.1. The number of esters is 1. The van der Waals surface area contributed by atoms with Crippen molar-refractivity contribution >= 4 is 11.7 Å². The summed E-state index contributed by atoms with van der Waals surface area (Å²) in [6.45, 7) is 2.99. The Labute approximate surface area is 136 Å². The SMILES string of the molecule is COC(=O)c1cccc(C)c1NCCOc1ccc(OC)cc1. The normalized spacial score (nSPS) is 10.0. The molecule has 0 aliphatic heterocycles. The van der Waals surface area contributed by atoms with Gasteiger partial charge in [-0.3, -0.25) is 0 Å². The molecule has 0 unspecified atom stereocenters. The average Bonchev–Trinajstić information content (AvgIpc) is 2.59. The second-order valence-corrected chi connectivity index (χ2v) is 4.94. The van der Waals surface area contributed by atoms with Gasteiger partial charge in [0.05, 0.1) is 25.5 Å². The van der Waals surface area contributed by atoms with E-state index in [9.17, 15) is 4.79 Å². The summed E-state index contributed by atoms with van der Waals surface area (Å²) in [5, 5.41) is 3.24. The average molecular weight is 315 g/mol. The number of carbonyl (C=O) groups is 1. The Morgan fingerprint density at radius 2 is 1.74 bits per heavy atom. The van der Waals surface area contributed by atoms with Crippen LogP contribution in [0.2, 0.25) is 0 Å². The van der Waals surface area contributed by atoms with Gasteiger partial charge in [-0.2, -0.15) is 0 Å². The molecule has 0 amide bonds. The Balaban J connectivity index is 1.92. The van der Waals surface area contributed by atoms with Crippen molar-refractivity contribution in [2.75, 3.05) is 32.7 Å². The summed E-state index contributed by atoms with van der Waals surface area (Å²) < 4.78 is 15.6. The van der Waals surface area contributed by atoms with E-state index in [-0.39, 0.29) is 5.97 Å². The Morgan fingerprint density at radius 1 is 1.04 bits per heavy atom. The standard InChI is InChI=1S/C18H21NO4/c1-13-5-4-6-16(18(20)22-3)17(13)19-11-12-23-15-9-7-14(21-2)8-10-15/h4-10,19H,11-12H2,1-3H3. The molecule has 0 aliphatic rings. The number of para-hydroxylation sites is 1. The van der Waals surface area contributed by atoms with Gasteiger partial charge in [0.2, 0.25) is 0 Å². The number of nitrogens with one attached hydrogen (secondary N) is 1. The minimum Gasteiger partial charge on any atom is -0.497 e. The molecular weight excluding hydrogens is 294 g/mol. The summed E-state index contributed by atoms with van der Waals surface area (Å²) in [7, 11) is 3.00. The van der Waals surface area contributed by atoms with Crippen LogP contribution in [0.1, 0.15) is 15.9 Å². The van der Waals surface area contributed by atoms with Gasteiger partial charge in [0, 0.05) is 6.54 Å². The molecule has 0 atom stereocenters. The van der Waals surface area contributed by atoms with Crippen molar-refractivity contribution < 1.29 is 19.0 Å². The van der Waals surface area contributed by atoms with Crippen LogP contribution in [-0.4, -0.2) is 33.3 Å². The predicted molar refractivity (Wildman–Crippen MR) is 89.5 cm³/mol. The molecule has 0 fully saturated rings. The van der Waals surface area contributed by atoms with Crippen molar-refractivity contribution in [2.24, 2.45) is 0 Å². The molecule has 122 valence electrons. The van der Waals surface area contributed by atoms with Gasteiger partial charge in [-0.05, 0) is 42.8 Å². The monoisotopic (exact) mass is 315 g/mol. The molecule has 23 heavy (non-hydrogen) atoms. The van der Waals surface area contributed by atoms with Gasteiger partial charge in [-0.15, -0.1) is 0 Å². The Morgan fingerprint density at radius 3 is 2.39 bits per heavy atom. The molecule has 2 rings (SSSR count). The molecule has 0 heterocycles. The molecule has 0 spiro atoms. The fourth-order valence-corrected chi connectivity index (χ4v) is 2.20. The maximum absolute atomic E-state index is 11.8. The Hall–Kier alpha value is -2.69. The molecular formula is C18H21NO4. The van der Waals surface area contributed by atoms with E-state index in [0.29, 0.717) is 18.7 Å². The second-order valence-electron chi connectivity index (χ2n) is 4.94. The minimum absolute atomic E-state index is 0.354. The number of aryl methyl sites for hydroxylation is 1. The molecule has 0 radical (unpaired) electrons. The fourth-order valence-electron chi connectivity index (χ4n) is 2.20. The van der Waals surface area contributed by atoms with E-state index in [0.717, 1.165) is 22.7 Å². The third-order valence-corrected chi connectivity index (χ3v) is 3.41. The molecule has 2 aromatic carbocycles. The summed E-state index contributed by atoms with van der Waals surface area (Å²) in [6.07, 6.45) is 0. The van der Waals surface area contributed by atoms with Crippen molar-refractivity contribution in [2.45, 2.75) is 6.92 Å². The van der Waals surface area contributed by atoms with E-state index in [1.54, 1.807) is 13.2 Å². The Kier molecular flexibility index (Phi) is 5.86. The van der Waals surface area contributed by atoms with Crippen LogP contribution in [0.3, 0.4) is 0 Å². The number of rotatable bonds is 7. The van der Waals surface area contributed by atoms with Crippen LogP contribution in [0, 0.1) is 6.92 Å². The van der Waals surface area contributed by atoms with E-state index in [2.05, 4.69) is 5.32 Å². The summed E-state index contributed by atoms with van der Waals surface area (Å²) in [5.74, 6) is 1.20. The van der Waals surface area contributed by atoms with Crippen LogP contribution >= 0.6 is 0 Å². The smallest absolute Gasteiger partial charge is 0.339 e. The molecule has 0 saturated heterocycles. The van der Waals surface area contributed by atoms with Gasteiger partial charge in [0.25, 0.3) is 0 Å². The van der Waals surface area contributed by atoms with Crippen LogP contribution in [0.4, 0.5) is 5.69 Å². The highest BCUT2D eigenvalue weighted by Gasteiger charge is 2.13. The third kappa shape index (κ3) is 4.39. The van der Waals surface area contributed by atoms with Crippen molar-refractivity contribution in [3.63, 3.8) is 0 Å². The number of ether oxygens (including phenoxy) is 3. The fraction of sp³-hybridized carbons (Fsp3) is 0.278. The van der Waals surface area contributed by atoms with Crippen LogP contribution in [-0.2, 0) is 4.74 Å². The molecule has 5 nitrogen and oxygen atoms in total. The third-order valence-electron chi connectivity index (χ3n) is 3.41. The zero-order valence-corrected chi connectivity index (χ0v) is 13.6. The largest absolute Gasteiger partial charge is 0.497 e. The van der Waals surface area contributed by atoms with E-state index in [1.165, 1.54) is 7.11 Å². The summed E-state index contributed by atoms with van der Waals surface area (Å²) in [5.41, 5.74) is 2.28. The molecule has 5 heteroatoms. The van der Waals surface area contributed by atoms with Crippen molar-refractivity contribution in [3.05, 3.63) is 53.6 Å². The first-order valence-corrected chi connectivity index (χ1v) is 7.34. The first kappa shape index (κ1) is 16.7. The van der Waals surface area contributed by atoms with Crippen LogP contribution in [0.5, 0.6) is 11.5 Å². The first-order chi connectivity index (χ1) is 11.2. The number of benzene rings is 2. The Bertz CT molecular complexity index is 653. The molecule has 2 aromatic rings. The molecule has 1 N–H and O–H groups in total. The molecule has 0 bridgehead atoms. The van der Waals surface area contributed by atoms with Crippen molar-refractivity contribution in [1.82, 2.24) is 0 Å². The van der Waals surface area contributed by atoms with Crippen LogP contribution in [0.25, 0.3) is 0 Å². The highest BCUT2D eigenvalue weighted by molar-refractivity contribution is 5.96. The minimum atomic E-state index is -0.354. The number of anilines is 1. The first-order valence-electron chi connectivity index (χ1n) is 7.34. The summed E-state index contributed by atoms with van der Waals surface area (Å²) in [4.78, 5) is 11.8. The lowest BCUT2D eigenvalue weighted by molar-refractivity contribution is 0.0601. The summed E-state index contributed by atoms with van der Waals surface area (Å²) in [6, 6.07) is 12.9. The van der Waals surface area contributed by atoms with Gasteiger partial charge in [0.1, 0.15) is 18.1 Å².